The van der Waals surface area contributed by atoms with Gasteiger partial charge in [0.2, 0.25) is 11.7 Å². The van der Waals surface area contributed by atoms with E-state index < -0.39 is 29.4 Å². The second-order valence-electron chi connectivity index (χ2n) is 13.1. The average molecular weight is 580 g/mol. The highest BCUT2D eigenvalue weighted by atomic mass is 16.5. The third-order valence-corrected chi connectivity index (χ3v) is 10.9. The van der Waals surface area contributed by atoms with E-state index in [0.717, 1.165) is 24.0 Å². The summed E-state index contributed by atoms with van der Waals surface area (Å²) in [6.45, 7) is 3.71. The standard InChI is InChI=1S/C33H41NO8/c1-31-14-11-23(36)17-21(31)5-8-24-25-12-15-33(41,32(25,2)18-26(37)30(24)31)27(38)19-42-29(40)10-9-28(39)34-16-13-20-3-6-22(35)7-4-20/h3-4,6-7,17,24-25,30,35,41H,5,8-16,18-19H2,1-2H3,(H,34,39)/t24-,25+,30+,31+,32+,33+/m1/s1. The number of rotatable bonds is 9. The minimum Gasteiger partial charge on any atom is -0.508 e. The Morgan fingerprint density at radius 3 is 2.50 bits per heavy atom. The molecular weight excluding hydrogens is 538 g/mol. The average Bonchev–Trinajstić information content (AvgIpc) is 3.22. The van der Waals surface area contributed by atoms with Crippen molar-refractivity contribution < 1.29 is 38.9 Å². The van der Waals surface area contributed by atoms with E-state index >= 15 is 0 Å². The fraction of sp³-hybridized carbons (Fsp3) is 0.606. The summed E-state index contributed by atoms with van der Waals surface area (Å²) >= 11 is 0. The van der Waals surface area contributed by atoms with Crippen LogP contribution in [0.15, 0.2) is 35.9 Å². The van der Waals surface area contributed by atoms with E-state index in [2.05, 4.69) is 12.2 Å². The monoisotopic (exact) mass is 579 g/mol. The lowest BCUT2D eigenvalue weighted by Crippen LogP contribution is -2.61. The predicted molar refractivity (Wildman–Crippen MR) is 152 cm³/mol. The van der Waals surface area contributed by atoms with Crippen LogP contribution in [0.2, 0.25) is 0 Å². The zero-order valence-electron chi connectivity index (χ0n) is 24.4. The maximum Gasteiger partial charge on any atom is 0.306 e. The number of fused-ring (bicyclic) bond motifs is 5. The molecule has 1 amide bonds. The Balaban J connectivity index is 1.14. The lowest BCUT2D eigenvalue weighted by atomic mass is 9.46. The van der Waals surface area contributed by atoms with Crippen LogP contribution in [0, 0.1) is 28.6 Å². The van der Waals surface area contributed by atoms with E-state index in [1.165, 1.54) is 0 Å². The summed E-state index contributed by atoms with van der Waals surface area (Å²) in [5, 5.41) is 23.8. The van der Waals surface area contributed by atoms with E-state index in [-0.39, 0.29) is 72.1 Å². The molecule has 42 heavy (non-hydrogen) atoms. The molecule has 4 aliphatic rings. The molecule has 0 heterocycles. The van der Waals surface area contributed by atoms with Gasteiger partial charge in [-0.1, -0.05) is 31.6 Å². The molecule has 5 rings (SSSR count). The van der Waals surface area contributed by atoms with Crippen LogP contribution in [0.1, 0.15) is 77.2 Å². The Bertz CT molecular complexity index is 1320. The highest BCUT2D eigenvalue weighted by Crippen LogP contribution is 2.66. The van der Waals surface area contributed by atoms with Crippen LogP contribution < -0.4 is 5.32 Å². The number of ether oxygens (including phenoxy) is 1. The predicted octanol–water partition coefficient (Wildman–Crippen LogP) is 3.39. The molecule has 3 N–H and O–H groups in total. The Labute approximate surface area is 246 Å². The minimum atomic E-state index is -1.77. The summed E-state index contributed by atoms with van der Waals surface area (Å²) in [4.78, 5) is 63.7. The number of benzene rings is 1. The fourth-order valence-electron chi connectivity index (χ4n) is 8.50. The molecule has 0 unspecified atom stereocenters. The van der Waals surface area contributed by atoms with Crippen molar-refractivity contribution in [3.05, 3.63) is 41.5 Å². The molecule has 1 aromatic rings. The number of phenolic OH excluding ortho intramolecular Hbond substituents is 1. The van der Waals surface area contributed by atoms with Crippen LogP contribution >= 0.6 is 0 Å². The number of allylic oxidation sites excluding steroid dienone is 1. The van der Waals surface area contributed by atoms with Gasteiger partial charge in [0.1, 0.15) is 17.1 Å². The molecule has 4 aliphatic carbocycles. The third-order valence-electron chi connectivity index (χ3n) is 10.9. The van der Waals surface area contributed by atoms with Gasteiger partial charge in [-0.25, -0.2) is 0 Å². The molecule has 0 bridgehead atoms. The van der Waals surface area contributed by atoms with Crippen molar-refractivity contribution in [1.29, 1.82) is 0 Å². The van der Waals surface area contributed by atoms with Gasteiger partial charge in [-0.2, -0.15) is 0 Å². The van der Waals surface area contributed by atoms with Gasteiger partial charge < -0.3 is 20.3 Å². The number of carbonyl (C=O) groups is 5. The Morgan fingerprint density at radius 1 is 1.02 bits per heavy atom. The van der Waals surface area contributed by atoms with Crippen LogP contribution in [-0.2, 0) is 35.1 Å². The fourth-order valence-corrected chi connectivity index (χ4v) is 8.50. The first kappa shape index (κ1) is 30.1. The Morgan fingerprint density at radius 2 is 1.76 bits per heavy atom. The zero-order chi connectivity index (χ0) is 30.3. The summed E-state index contributed by atoms with van der Waals surface area (Å²) in [6.07, 6.45) is 5.52. The SMILES string of the molecule is C[C@]12CCC(=O)C=C1CC[C@H]1[C@H]2C(=O)C[C@@]2(C)[C@H]1CC[C@]2(O)C(=O)COC(=O)CCC(=O)NCCc1ccc(O)cc1. The normalized spacial score (nSPS) is 33.6. The molecule has 0 aromatic heterocycles. The van der Waals surface area contributed by atoms with Crippen molar-refractivity contribution >= 4 is 29.2 Å². The van der Waals surface area contributed by atoms with E-state index in [9.17, 15) is 34.2 Å². The summed E-state index contributed by atoms with van der Waals surface area (Å²) < 4.78 is 5.20. The van der Waals surface area contributed by atoms with Crippen LogP contribution in [0.4, 0.5) is 0 Å². The van der Waals surface area contributed by atoms with Gasteiger partial charge in [0.05, 0.1) is 6.42 Å². The van der Waals surface area contributed by atoms with Crippen LogP contribution in [0.25, 0.3) is 0 Å². The van der Waals surface area contributed by atoms with E-state index in [1.54, 1.807) is 30.3 Å². The number of nitrogens with one attached hydrogen (secondary N) is 1. The molecule has 0 saturated heterocycles. The number of aliphatic hydroxyl groups is 1. The maximum atomic E-state index is 13.7. The summed E-state index contributed by atoms with van der Waals surface area (Å²) in [6, 6.07) is 6.68. The number of esters is 1. The van der Waals surface area contributed by atoms with Crippen molar-refractivity contribution in [3.8, 4) is 5.75 Å². The molecule has 9 nitrogen and oxygen atoms in total. The van der Waals surface area contributed by atoms with E-state index in [4.69, 9.17) is 4.74 Å². The number of aromatic hydroxyl groups is 1. The van der Waals surface area contributed by atoms with Gasteiger partial charge in [0, 0.05) is 37.1 Å². The van der Waals surface area contributed by atoms with E-state index in [1.807, 2.05) is 6.92 Å². The van der Waals surface area contributed by atoms with Crippen molar-refractivity contribution in [3.63, 3.8) is 0 Å². The summed E-state index contributed by atoms with van der Waals surface area (Å²) in [7, 11) is 0. The number of amides is 1. The molecule has 0 spiro atoms. The summed E-state index contributed by atoms with van der Waals surface area (Å²) in [5.41, 5.74) is -1.06. The van der Waals surface area contributed by atoms with Crippen molar-refractivity contribution in [2.75, 3.05) is 13.2 Å². The number of phenols is 1. The van der Waals surface area contributed by atoms with Gasteiger partial charge >= 0.3 is 5.97 Å². The van der Waals surface area contributed by atoms with Crippen LogP contribution in [0.3, 0.4) is 0 Å². The van der Waals surface area contributed by atoms with Gasteiger partial charge in [-0.05, 0) is 79.5 Å². The first-order chi connectivity index (χ1) is 19.9. The molecule has 3 saturated carbocycles. The maximum absolute atomic E-state index is 13.7. The van der Waals surface area contributed by atoms with Crippen LogP contribution in [0.5, 0.6) is 5.75 Å². The zero-order valence-corrected chi connectivity index (χ0v) is 24.4. The number of carbonyl (C=O) groups excluding carboxylic acids is 5. The molecule has 3 fully saturated rings. The molecule has 226 valence electrons. The quantitative estimate of drug-likeness (QED) is 0.377. The highest BCUT2D eigenvalue weighted by molar-refractivity contribution is 5.95. The lowest BCUT2D eigenvalue weighted by Gasteiger charge is -2.57. The topological polar surface area (TPSA) is 147 Å². The van der Waals surface area contributed by atoms with Crippen LogP contribution in [-0.4, -0.2) is 58.2 Å². The number of hydrogen-bond donors (Lipinski definition) is 3. The van der Waals surface area contributed by atoms with Gasteiger partial charge in [-0.15, -0.1) is 0 Å². The number of ketones is 3. The van der Waals surface area contributed by atoms with Gasteiger partial charge in [-0.3, -0.25) is 24.0 Å². The van der Waals surface area contributed by atoms with Crippen molar-refractivity contribution in [2.45, 2.75) is 83.7 Å². The first-order valence-electron chi connectivity index (χ1n) is 15.1. The minimum absolute atomic E-state index is 0.0221. The second-order valence-corrected chi connectivity index (χ2v) is 13.1. The van der Waals surface area contributed by atoms with E-state index in [0.29, 0.717) is 32.2 Å². The lowest BCUT2D eigenvalue weighted by molar-refractivity contribution is -0.173. The molecule has 6 atom stereocenters. The molecular formula is C33H41NO8. The smallest absolute Gasteiger partial charge is 0.306 e. The molecule has 0 aliphatic heterocycles. The van der Waals surface area contributed by atoms with Crippen molar-refractivity contribution in [1.82, 2.24) is 5.32 Å². The molecule has 1 aromatic carbocycles. The summed E-state index contributed by atoms with van der Waals surface area (Å²) in [5.74, 6) is -1.50. The van der Waals surface area contributed by atoms with Gasteiger partial charge in [0.25, 0.3) is 0 Å². The largest absolute Gasteiger partial charge is 0.508 e. The Kier molecular flexibility index (Phi) is 8.18. The molecule has 0 radical (unpaired) electrons. The highest BCUT2D eigenvalue weighted by Gasteiger charge is 2.68. The Hall–Kier alpha value is -3.33. The molecule has 9 heteroatoms. The van der Waals surface area contributed by atoms with Crippen molar-refractivity contribution in [2.24, 2.45) is 28.6 Å². The number of hydrogen-bond acceptors (Lipinski definition) is 8. The van der Waals surface area contributed by atoms with Gasteiger partial charge in [0.15, 0.2) is 12.4 Å². The third kappa shape index (κ3) is 5.32. The number of Topliss-reactive ketones (excluding diaryl/α,β-unsaturated/α-hetero) is 2. The first-order valence-corrected chi connectivity index (χ1v) is 15.1. The second kappa shape index (κ2) is 11.4.